The van der Waals surface area contributed by atoms with Crippen LogP contribution in [0.4, 0.5) is 8.78 Å². The minimum Gasteiger partial charge on any atom is -0.383 e. The fourth-order valence-electron chi connectivity index (χ4n) is 0.840. The van der Waals surface area contributed by atoms with Gasteiger partial charge in [-0.05, 0) is 7.05 Å². The fraction of sp³-hybridized carbons (Fsp3) is 1.00. The SMILES string of the molecule is COCCN(C)CCNCC(F)F. The van der Waals surface area contributed by atoms with Gasteiger partial charge in [-0.25, -0.2) is 8.78 Å². The molecule has 0 bridgehead atoms. The lowest BCUT2D eigenvalue weighted by molar-refractivity contribution is 0.141. The standard InChI is InChI=1S/C8H18F2N2O/c1-12(5-6-13-2)4-3-11-7-8(9)10/h8,11H,3-7H2,1-2H3. The Bertz CT molecular complexity index is 114. The van der Waals surface area contributed by atoms with Gasteiger partial charge in [-0.2, -0.15) is 0 Å². The Morgan fingerprint density at radius 2 is 2.08 bits per heavy atom. The average Bonchev–Trinajstić information content (AvgIpc) is 2.08. The first kappa shape index (κ1) is 12.7. The van der Waals surface area contributed by atoms with Crippen LogP contribution in [-0.2, 0) is 4.74 Å². The van der Waals surface area contributed by atoms with Gasteiger partial charge < -0.3 is 15.0 Å². The Morgan fingerprint density at radius 3 is 2.62 bits per heavy atom. The van der Waals surface area contributed by atoms with Crippen molar-refractivity contribution >= 4 is 0 Å². The maximum atomic E-state index is 11.7. The normalized spacial score (nSPS) is 11.5. The zero-order chi connectivity index (χ0) is 10.1. The molecule has 0 aromatic heterocycles. The Kier molecular flexibility index (Phi) is 8.18. The van der Waals surface area contributed by atoms with E-state index in [4.69, 9.17) is 4.74 Å². The van der Waals surface area contributed by atoms with Crippen molar-refractivity contribution in [3.8, 4) is 0 Å². The number of likely N-dealkylation sites (N-methyl/N-ethyl adjacent to an activating group) is 1. The van der Waals surface area contributed by atoms with Crippen molar-refractivity contribution in [3.05, 3.63) is 0 Å². The number of nitrogens with zero attached hydrogens (tertiary/aromatic N) is 1. The Balaban J connectivity index is 3.12. The van der Waals surface area contributed by atoms with E-state index in [-0.39, 0.29) is 6.54 Å². The number of hydrogen-bond acceptors (Lipinski definition) is 3. The van der Waals surface area contributed by atoms with Gasteiger partial charge in [-0.15, -0.1) is 0 Å². The second-order valence-corrected chi connectivity index (χ2v) is 2.89. The van der Waals surface area contributed by atoms with E-state index in [0.29, 0.717) is 13.2 Å². The highest BCUT2D eigenvalue weighted by molar-refractivity contribution is 4.55. The van der Waals surface area contributed by atoms with E-state index in [1.54, 1.807) is 7.11 Å². The zero-order valence-corrected chi connectivity index (χ0v) is 8.22. The monoisotopic (exact) mass is 196 g/mol. The molecule has 0 atom stereocenters. The predicted octanol–water partition coefficient (Wildman–Crippen LogP) is 0.419. The van der Waals surface area contributed by atoms with Crippen LogP contribution in [0, 0.1) is 0 Å². The van der Waals surface area contributed by atoms with Crippen LogP contribution in [-0.4, -0.2) is 58.3 Å². The summed E-state index contributed by atoms with van der Waals surface area (Å²) in [5.41, 5.74) is 0. The van der Waals surface area contributed by atoms with Gasteiger partial charge in [-0.3, -0.25) is 0 Å². The maximum Gasteiger partial charge on any atom is 0.250 e. The van der Waals surface area contributed by atoms with Crippen LogP contribution >= 0.6 is 0 Å². The molecule has 80 valence electrons. The first-order valence-electron chi connectivity index (χ1n) is 4.33. The maximum absolute atomic E-state index is 11.7. The Hall–Kier alpha value is -0.260. The molecule has 0 radical (unpaired) electrons. The molecule has 0 unspecified atom stereocenters. The molecule has 0 heterocycles. The first-order valence-corrected chi connectivity index (χ1v) is 4.33. The molecule has 0 saturated heterocycles. The summed E-state index contributed by atoms with van der Waals surface area (Å²) in [5.74, 6) is 0. The minimum atomic E-state index is -2.26. The van der Waals surface area contributed by atoms with Crippen molar-refractivity contribution in [2.24, 2.45) is 0 Å². The molecule has 0 spiro atoms. The van der Waals surface area contributed by atoms with Crippen molar-refractivity contribution in [2.45, 2.75) is 6.43 Å². The lowest BCUT2D eigenvalue weighted by Crippen LogP contribution is -2.33. The molecule has 0 aliphatic carbocycles. The molecule has 0 saturated carbocycles. The highest BCUT2D eigenvalue weighted by atomic mass is 19.3. The van der Waals surface area contributed by atoms with E-state index in [1.807, 2.05) is 11.9 Å². The van der Waals surface area contributed by atoms with Crippen LogP contribution in [0.25, 0.3) is 0 Å². The lowest BCUT2D eigenvalue weighted by Gasteiger charge is -2.15. The highest BCUT2D eigenvalue weighted by Crippen LogP contribution is 1.87. The second kappa shape index (κ2) is 8.34. The summed E-state index contributed by atoms with van der Waals surface area (Å²) in [5, 5.41) is 2.66. The molecule has 0 aromatic carbocycles. The van der Waals surface area contributed by atoms with Crippen molar-refractivity contribution in [3.63, 3.8) is 0 Å². The molecule has 13 heavy (non-hydrogen) atoms. The van der Waals surface area contributed by atoms with Gasteiger partial charge in [0.1, 0.15) is 0 Å². The number of methoxy groups -OCH3 is 1. The largest absolute Gasteiger partial charge is 0.383 e. The summed E-state index contributed by atoms with van der Waals surface area (Å²) < 4.78 is 28.2. The number of halogens is 2. The van der Waals surface area contributed by atoms with Gasteiger partial charge in [0, 0.05) is 26.7 Å². The topological polar surface area (TPSA) is 24.5 Å². The van der Waals surface area contributed by atoms with E-state index >= 15 is 0 Å². The molecular weight excluding hydrogens is 178 g/mol. The van der Waals surface area contributed by atoms with E-state index in [2.05, 4.69) is 5.32 Å². The number of ether oxygens (including phenoxy) is 1. The van der Waals surface area contributed by atoms with Crippen LogP contribution in [0.1, 0.15) is 0 Å². The number of alkyl halides is 2. The van der Waals surface area contributed by atoms with Gasteiger partial charge in [-0.1, -0.05) is 0 Å². The molecular formula is C8H18F2N2O. The van der Waals surface area contributed by atoms with Gasteiger partial charge >= 0.3 is 0 Å². The van der Waals surface area contributed by atoms with Gasteiger partial charge in [0.15, 0.2) is 0 Å². The molecule has 5 heteroatoms. The quantitative estimate of drug-likeness (QED) is 0.569. The van der Waals surface area contributed by atoms with Crippen LogP contribution in [0.15, 0.2) is 0 Å². The number of hydrogen-bond donors (Lipinski definition) is 1. The van der Waals surface area contributed by atoms with Crippen LogP contribution in [0.2, 0.25) is 0 Å². The van der Waals surface area contributed by atoms with Crippen molar-refractivity contribution in [1.29, 1.82) is 0 Å². The molecule has 0 aliphatic rings. The number of rotatable bonds is 8. The summed E-state index contributed by atoms with van der Waals surface area (Å²) in [6.07, 6.45) is -2.26. The third kappa shape index (κ3) is 9.66. The Labute approximate surface area is 78.0 Å². The van der Waals surface area contributed by atoms with E-state index in [0.717, 1.165) is 13.1 Å². The molecule has 0 rings (SSSR count). The molecule has 1 N–H and O–H groups in total. The van der Waals surface area contributed by atoms with E-state index in [9.17, 15) is 8.78 Å². The second-order valence-electron chi connectivity index (χ2n) is 2.89. The molecule has 0 aliphatic heterocycles. The smallest absolute Gasteiger partial charge is 0.250 e. The summed E-state index contributed by atoms with van der Waals surface area (Å²) in [6, 6.07) is 0. The minimum absolute atomic E-state index is 0.224. The lowest BCUT2D eigenvalue weighted by atomic mass is 10.5. The molecule has 3 nitrogen and oxygen atoms in total. The first-order chi connectivity index (χ1) is 6.16. The van der Waals surface area contributed by atoms with E-state index < -0.39 is 6.43 Å². The van der Waals surface area contributed by atoms with Crippen molar-refractivity contribution in [2.75, 3.05) is 46.9 Å². The van der Waals surface area contributed by atoms with Crippen LogP contribution in [0.5, 0.6) is 0 Å². The molecule has 0 amide bonds. The molecule has 0 fully saturated rings. The van der Waals surface area contributed by atoms with Crippen LogP contribution < -0.4 is 5.32 Å². The average molecular weight is 196 g/mol. The third-order valence-electron chi connectivity index (χ3n) is 1.65. The summed E-state index contributed by atoms with van der Waals surface area (Å²) >= 11 is 0. The van der Waals surface area contributed by atoms with Crippen molar-refractivity contribution in [1.82, 2.24) is 10.2 Å². The van der Waals surface area contributed by atoms with Gasteiger partial charge in [0.2, 0.25) is 0 Å². The molecule has 0 aromatic rings. The number of nitrogens with one attached hydrogen (secondary N) is 1. The summed E-state index contributed by atoms with van der Waals surface area (Å²) in [6.45, 7) is 2.62. The zero-order valence-electron chi connectivity index (χ0n) is 8.22. The van der Waals surface area contributed by atoms with E-state index in [1.165, 1.54) is 0 Å². The van der Waals surface area contributed by atoms with Crippen LogP contribution in [0.3, 0.4) is 0 Å². The van der Waals surface area contributed by atoms with Gasteiger partial charge in [0.05, 0.1) is 13.2 Å². The summed E-state index contributed by atoms with van der Waals surface area (Å²) in [4.78, 5) is 2.03. The highest BCUT2D eigenvalue weighted by Gasteiger charge is 2.01. The Morgan fingerprint density at radius 1 is 1.38 bits per heavy atom. The van der Waals surface area contributed by atoms with Crippen molar-refractivity contribution < 1.29 is 13.5 Å². The predicted molar refractivity (Wildman–Crippen MR) is 48.2 cm³/mol. The fourth-order valence-corrected chi connectivity index (χ4v) is 0.840. The third-order valence-corrected chi connectivity index (χ3v) is 1.65. The summed E-state index contributed by atoms with van der Waals surface area (Å²) in [7, 11) is 3.58. The van der Waals surface area contributed by atoms with Gasteiger partial charge in [0.25, 0.3) is 6.43 Å².